The van der Waals surface area contributed by atoms with Crippen LogP contribution in [0.2, 0.25) is 0 Å². The fraction of sp³-hybridized carbons (Fsp3) is 0.333. The molecule has 27 heavy (non-hydrogen) atoms. The Morgan fingerprint density at radius 3 is 2.74 bits per heavy atom. The van der Waals surface area contributed by atoms with E-state index in [0.717, 1.165) is 12.2 Å². The van der Waals surface area contributed by atoms with Gasteiger partial charge in [0.2, 0.25) is 0 Å². The zero-order valence-electron chi connectivity index (χ0n) is 15.0. The summed E-state index contributed by atoms with van der Waals surface area (Å²) in [4.78, 5) is 17.4. The minimum atomic E-state index is -0.795. The molecule has 3 atom stereocenters. The molecule has 2 aromatic rings. The molecule has 2 aliphatic heterocycles. The monoisotopic (exact) mass is 384 g/mol. The average Bonchev–Trinajstić information content (AvgIpc) is 3.07. The van der Waals surface area contributed by atoms with E-state index < -0.39 is 5.54 Å². The third kappa shape index (κ3) is 3.28. The highest BCUT2D eigenvalue weighted by Gasteiger charge is 2.53. The third-order valence-electron chi connectivity index (χ3n) is 5.28. The van der Waals surface area contributed by atoms with Gasteiger partial charge in [-0.05, 0) is 24.6 Å². The predicted octanol–water partition coefficient (Wildman–Crippen LogP) is 3.98. The highest BCUT2D eigenvalue weighted by Crippen LogP contribution is 2.48. The minimum absolute atomic E-state index is 0.0345. The predicted molar refractivity (Wildman–Crippen MR) is 105 cm³/mol. The lowest BCUT2D eigenvalue weighted by atomic mass is 9.78. The van der Waals surface area contributed by atoms with Crippen molar-refractivity contribution in [2.45, 2.75) is 25.0 Å². The van der Waals surface area contributed by atoms with Gasteiger partial charge < -0.3 is 10.1 Å². The van der Waals surface area contributed by atoms with Crippen LogP contribution < -0.4 is 5.32 Å². The summed E-state index contributed by atoms with van der Waals surface area (Å²) < 4.78 is 20.7. The van der Waals surface area contributed by atoms with E-state index in [2.05, 4.69) is 12.2 Å². The number of carbonyl (C=O) groups excluding carboxylic acids is 1. The molecule has 1 N–H and O–H groups in total. The quantitative estimate of drug-likeness (QED) is 0.871. The molecule has 0 aromatic heterocycles. The summed E-state index contributed by atoms with van der Waals surface area (Å²) in [5.74, 6) is 0.296. The van der Waals surface area contributed by atoms with Crippen LogP contribution in [0.1, 0.15) is 29.3 Å². The molecular weight excluding hydrogens is 363 g/mol. The lowest BCUT2D eigenvalue weighted by Gasteiger charge is -2.36. The zero-order valence-corrected chi connectivity index (χ0v) is 15.8. The van der Waals surface area contributed by atoms with Gasteiger partial charge in [0.1, 0.15) is 11.4 Å². The number of halogens is 1. The average molecular weight is 384 g/mol. The fourth-order valence-electron chi connectivity index (χ4n) is 3.88. The van der Waals surface area contributed by atoms with E-state index in [0.29, 0.717) is 22.9 Å². The van der Waals surface area contributed by atoms with Gasteiger partial charge in [0.25, 0.3) is 5.91 Å². The SMILES string of the molecule is CC[C@@H]1OC[C@@]2(c3ccccc3F)N=C(NC(=O)c3ccccc3)SC[C@H]12. The van der Waals surface area contributed by atoms with Crippen LogP contribution in [-0.4, -0.2) is 29.5 Å². The summed E-state index contributed by atoms with van der Waals surface area (Å²) >= 11 is 1.50. The third-order valence-corrected chi connectivity index (χ3v) is 6.27. The Labute approximate surface area is 162 Å². The van der Waals surface area contributed by atoms with E-state index in [9.17, 15) is 9.18 Å². The van der Waals surface area contributed by atoms with Gasteiger partial charge in [-0.2, -0.15) is 0 Å². The van der Waals surface area contributed by atoms with Crippen molar-refractivity contribution in [3.05, 3.63) is 71.5 Å². The molecule has 2 heterocycles. The molecule has 1 fully saturated rings. The molecule has 1 saturated heterocycles. The molecule has 4 nitrogen and oxygen atoms in total. The molecule has 6 heteroatoms. The Bertz CT molecular complexity index is 873. The first kappa shape index (κ1) is 18.2. The van der Waals surface area contributed by atoms with Crippen molar-refractivity contribution in [3.63, 3.8) is 0 Å². The van der Waals surface area contributed by atoms with Crippen LogP contribution >= 0.6 is 11.8 Å². The number of amidine groups is 1. The van der Waals surface area contributed by atoms with Crippen LogP contribution in [0.3, 0.4) is 0 Å². The number of hydrogen-bond donors (Lipinski definition) is 1. The summed E-state index contributed by atoms with van der Waals surface area (Å²) in [5, 5.41) is 3.41. The molecule has 0 unspecified atom stereocenters. The normalized spacial score (nSPS) is 27.0. The number of hydrogen-bond acceptors (Lipinski definition) is 4. The minimum Gasteiger partial charge on any atom is -0.375 e. The maximum absolute atomic E-state index is 14.7. The second kappa shape index (κ2) is 7.44. The molecule has 4 rings (SSSR count). The number of nitrogens with one attached hydrogen (secondary N) is 1. The standard InChI is InChI=1S/C21H21FN2O2S/c1-2-18-16-12-27-20(23-19(25)14-8-4-3-5-9-14)24-21(16,13-26-18)15-10-6-7-11-17(15)22/h3-11,16,18H,2,12-13H2,1H3,(H,23,24,25)/t16-,18+,21+/m1/s1. The van der Waals surface area contributed by atoms with E-state index in [1.54, 1.807) is 24.3 Å². The van der Waals surface area contributed by atoms with E-state index in [1.807, 2.05) is 24.3 Å². The Kier molecular flexibility index (Phi) is 5.02. The summed E-state index contributed by atoms with van der Waals surface area (Å²) in [5.41, 5.74) is 0.311. The van der Waals surface area contributed by atoms with E-state index in [4.69, 9.17) is 9.73 Å². The number of benzene rings is 2. The molecular formula is C21H21FN2O2S. The Hall–Kier alpha value is -2.18. The Morgan fingerprint density at radius 2 is 2.00 bits per heavy atom. The van der Waals surface area contributed by atoms with Gasteiger partial charge in [0, 0.05) is 22.8 Å². The van der Waals surface area contributed by atoms with Gasteiger partial charge in [-0.3, -0.25) is 4.79 Å². The highest BCUT2D eigenvalue weighted by atomic mass is 32.2. The maximum Gasteiger partial charge on any atom is 0.257 e. The second-order valence-electron chi connectivity index (χ2n) is 6.82. The molecule has 0 radical (unpaired) electrons. The number of fused-ring (bicyclic) bond motifs is 1. The van der Waals surface area contributed by atoms with Crippen LogP contribution in [0.25, 0.3) is 0 Å². The molecule has 2 aliphatic rings. The lowest BCUT2D eigenvalue weighted by molar-refractivity contribution is 0.0903. The van der Waals surface area contributed by atoms with Gasteiger partial charge >= 0.3 is 0 Å². The van der Waals surface area contributed by atoms with Crippen LogP contribution in [0, 0.1) is 11.7 Å². The van der Waals surface area contributed by atoms with Crippen molar-refractivity contribution in [3.8, 4) is 0 Å². The van der Waals surface area contributed by atoms with Gasteiger partial charge in [0.05, 0.1) is 12.7 Å². The fourth-order valence-corrected chi connectivity index (χ4v) is 5.10. The summed E-state index contributed by atoms with van der Waals surface area (Å²) in [6.07, 6.45) is 0.884. The largest absolute Gasteiger partial charge is 0.375 e. The van der Waals surface area contributed by atoms with Crippen molar-refractivity contribution >= 4 is 22.8 Å². The first-order chi connectivity index (χ1) is 13.1. The number of carbonyl (C=O) groups is 1. The number of nitrogens with zero attached hydrogens (tertiary/aromatic N) is 1. The number of rotatable bonds is 3. The number of thioether (sulfide) groups is 1. The van der Waals surface area contributed by atoms with Crippen molar-refractivity contribution in [2.24, 2.45) is 10.9 Å². The number of ether oxygens (including phenoxy) is 1. The topological polar surface area (TPSA) is 50.7 Å². The first-order valence-corrected chi connectivity index (χ1v) is 10.1. The summed E-state index contributed by atoms with van der Waals surface area (Å²) in [6.45, 7) is 2.39. The van der Waals surface area contributed by atoms with Crippen LogP contribution in [-0.2, 0) is 10.3 Å². The van der Waals surface area contributed by atoms with Gasteiger partial charge in [0.15, 0.2) is 5.17 Å². The molecule has 0 spiro atoms. The second-order valence-corrected chi connectivity index (χ2v) is 7.83. The lowest BCUT2D eigenvalue weighted by Crippen LogP contribution is -2.44. The van der Waals surface area contributed by atoms with E-state index in [1.165, 1.54) is 17.8 Å². The van der Waals surface area contributed by atoms with Crippen LogP contribution in [0.15, 0.2) is 59.6 Å². The zero-order chi connectivity index (χ0) is 18.9. The Balaban J connectivity index is 1.70. The number of aliphatic imine (C=N–C) groups is 1. The van der Waals surface area contributed by atoms with Crippen molar-refractivity contribution in [2.75, 3.05) is 12.4 Å². The Morgan fingerprint density at radius 1 is 1.26 bits per heavy atom. The van der Waals surface area contributed by atoms with E-state index >= 15 is 0 Å². The maximum atomic E-state index is 14.7. The van der Waals surface area contributed by atoms with Crippen molar-refractivity contribution in [1.29, 1.82) is 0 Å². The van der Waals surface area contributed by atoms with Crippen molar-refractivity contribution in [1.82, 2.24) is 5.32 Å². The summed E-state index contributed by atoms with van der Waals surface area (Å²) in [7, 11) is 0. The van der Waals surface area contributed by atoms with E-state index in [-0.39, 0.29) is 23.7 Å². The van der Waals surface area contributed by atoms with Crippen LogP contribution in [0.4, 0.5) is 4.39 Å². The molecule has 0 saturated carbocycles. The number of amides is 1. The molecule has 0 bridgehead atoms. The van der Waals surface area contributed by atoms with Crippen LogP contribution in [0.5, 0.6) is 0 Å². The van der Waals surface area contributed by atoms with Gasteiger partial charge in [-0.15, -0.1) is 0 Å². The van der Waals surface area contributed by atoms with Gasteiger partial charge in [-0.25, -0.2) is 9.38 Å². The summed E-state index contributed by atoms with van der Waals surface area (Å²) in [6, 6.07) is 15.7. The van der Waals surface area contributed by atoms with Gasteiger partial charge in [-0.1, -0.05) is 55.1 Å². The molecule has 2 aromatic carbocycles. The smallest absolute Gasteiger partial charge is 0.257 e. The van der Waals surface area contributed by atoms with Crippen molar-refractivity contribution < 1.29 is 13.9 Å². The highest BCUT2D eigenvalue weighted by molar-refractivity contribution is 8.13. The molecule has 1 amide bonds. The first-order valence-electron chi connectivity index (χ1n) is 9.09. The molecule has 140 valence electrons. The molecule has 0 aliphatic carbocycles.